The number of aryl methyl sites for hydroxylation is 1. The molecule has 1 aromatic rings. The number of halogens is 1. The molecule has 25 heavy (non-hydrogen) atoms. The number of aliphatic hydroxyl groups is 1. The number of aliphatic hydroxyl groups excluding tert-OH is 1. The maximum Gasteiger partial charge on any atom is 0.302 e. The fraction of sp³-hybridized carbons (Fsp3) is 0.667. The molecule has 152 valence electrons. The average Bonchev–Trinajstić information content (AvgIpc) is 2.94. The van der Waals surface area contributed by atoms with Gasteiger partial charge in [-0.15, -0.1) is 0 Å². The summed E-state index contributed by atoms with van der Waals surface area (Å²) in [5.41, 5.74) is 0. The summed E-state index contributed by atoms with van der Waals surface area (Å²) in [6, 6.07) is 0. The highest BCUT2D eigenvalue weighted by atomic mass is 35.5. The van der Waals surface area contributed by atoms with Gasteiger partial charge in [0.05, 0.1) is 13.7 Å². The zero-order valence-corrected chi connectivity index (χ0v) is 17.6. The number of allylic oxidation sites excluding steroid dienone is 1. The summed E-state index contributed by atoms with van der Waals surface area (Å²) in [6.45, 7) is 12.6. The van der Waals surface area contributed by atoms with Crippen molar-refractivity contribution in [1.82, 2.24) is 4.57 Å². The van der Waals surface area contributed by atoms with Crippen LogP contribution in [0.5, 0.6) is 0 Å². The monoisotopic (exact) mass is 382 g/mol. The molecule has 0 atom stereocenters. The van der Waals surface area contributed by atoms with E-state index < -0.39 is 0 Å². The van der Waals surface area contributed by atoms with Crippen LogP contribution in [0.25, 0.3) is 0 Å². The lowest BCUT2D eigenvalue weighted by molar-refractivity contribution is -0.686. The third-order valence-corrected chi connectivity index (χ3v) is 2.47. The highest BCUT2D eigenvalue weighted by Crippen LogP contribution is 1.95. The number of rotatable bonds is 6. The van der Waals surface area contributed by atoms with Gasteiger partial charge in [0, 0.05) is 14.0 Å². The van der Waals surface area contributed by atoms with Gasteiger partial charge >= 0.3 is 5.97 Å². The molecule has 0 saturated heterocycles. The van der Waals surface area contributed by atoms with E-state index in [1.54, 1.807) is 6.92 Å². The van der Waals surface area contributed by atoms with Crippen molar-refractivity contribution in [2.45, 2.75) is 59.9 Å². The lowest BCUT2D eigenvalue weighted by Crippen LogP contribution is -3.00. The first kappa shape index (κ1) is 34.9. The molecule has 0 fully saturated rings. The Morgan fingerprint density at radius 2 is 1.72 bits per heavy atom. The van der Waals surface area contributed by atoms with Crippen molar-refractivity contribution in [3.63, 3.8) is 0 Å². The molecule has 7 heteroatoms. The van der Waals surface area contributed by atoms with Gasteiger partial charge in [-0.05, 0) is 6.92 Å². The van der Waals surface area contributed by atoms with Crippen molar-refractivity contribution < 1.29 is 37.1 Å². The summed E-state index contributed by atoms with van der Waals surface area (Å²) in [7, 11) is 3.00. The van der Waals surface area contributed by atoms with Crippen molar-refractivity contribution in [1.29, 1.82) is 0 Å². The molecule has 1 heterocycles. The van der Waals surface area contributed by atoms with Crippen LogP contribution in [0.3, 0.4) is 0 Å². The molecule has 0 bridgehead atoms. The number of ether oxygens (including phenoxy) is 1. The molecule has 0 amide bonds. The summed E-state index contributed by atoms with van der Waals surface area (Å²) in [6.07, 6.45) is 13.4. The number of hydrogen-bond donors (Lipinski definition) is 1. The van der Waals surface area contributed by atoms with Gasteiger partial charge in [0.25, 0.3) is 0 Å². The van der Waals surface area contributed by atoms with Crippen LogP contribution in [0.1, 0.15) is 53.4 Å². The molecule has 0 aliphatic rings. The molecule has 1 rings (SSSR count). The second-order valence-electron chi connectivity index (χ2n) is 4.70. The number of carbonyl (C=O) groups is 1. The van der Waals surface area contributed by atoms with Crippen LogP contribution >= 0.6 is 0 Å². The Balaban J connectivity index is -0.0000000755. The number of unbranched alkanes of at least 4 members (excludes halogenated alkanes) is 3. The normalized spacial score (nSPS) is 7.64. The van der Waals surface area contributed by atoms with E-state index in [-0.39, 0.29) is 23.9 Å². The minimum Gasteiger partial charge on any atom is -1.00 e. The fourth-order valence-electron chi connectivity index (χ4n) is 1.46. The zero-order chi connectivity index (χ0) is 18.5. The van der Waals surface area contributed by atoms with Crippen LogP contribution in [0.15, 0.2) is 31.4 Å². The maximum atomic E-state index is 9.82. The summed E-state index contributed by atoms with van der Waals surface area (Å²) in [5.74, 6) is -0.211. The first-order valence-corrected chi connectivity index (χ1v) is 8.21. The standard InChI is InChI=1S/C7H11N2.C6H14.C4H8O2.CH4O.ClH.H2O/c1-3-4-9-6-5-8(2)7-9;1-3-5-6-4-2;1-3-6-4(2)5;1-2;;/h3,5-7H,1,4H2,2H3;3-6H2,1-2H3;3H2,1-2H3;2H,1H3;1H;1H2/q+1;;;;;/p-1. The SMILES string of the molecule is C=CC[n+]1ccn(C)c1.CCCCCC.CCOC(C)=O.CO.O.[Cl-]. The fourth-order valence-corrected chi connectivity index (χ4v) is 1.46. The van der Waals surface area contributed by atoms with Crippen LogP contribution in [-0.2, 0) is 23.1 Å². The van der Waals surface area contributed by atoms with Crippen LogP contribution in [0, 0.1) is 0 Å². The number of imidazole rings is 1. The Morgan fingerprint density at radius 3 is 1.92 bits per heavy atom. The van der Waals surface area contributed by atoms with E-state index in [4.69, 9.17) is 5.11 Å². The van der Waals surface area contributed by atoms with Gasteiger partial charge < -0.3 is 27.7 Å². The molecule has 6 nitrogen and oxygen atoms in total. The zero-order valence-electron chi connectivity index (χ0n) is 16.8. The molecule has 0 aliphatic carbocycles. The van der Waals surface area contributed by atoms with E-state index >= 15 is 0 Å². The number of nitrogens with zero attached hydrogens (tertiary/aromatic N) is 2. The molecule has 0 spiro atoms. The molecule has 0 saturated carbocycles. The van der Waals surface area contributed by atoms with Gasteiger partial charge in [0.1, 0.15) is 18.9 Å². The smallest absolute Gasteiger partial charge is 0.302 e. The van der Waals surface area contributed by atoms with Crippen molar-refractivity contribution in [2.75, 3.05) is 13.7 Å². The molecule has 1 aromatic heterocycles. The van der Waals surface area contributed by atoms with E-state index in [0.29, 0.717) is 6.61 Å². The van der Waals surface area contributed by atoms with Gasteiger partial charge in [0.15, 0.2) is 0 Å². The summed E-state index contributed by atoms with van der Waals surface area (Å²) < 4.78 is 8.47. The molecule has 3 N–H and O–H groups in total. The van der Waals surface area contributed by atoms with Crippen molar-refractivity contribution in [3.8, 4) is 0 Å². The predicted molar refractivity (Wildman–Crippen MR) is 99.7 cm³/mol. The van der Waals surface area contributed by atoms with E-state index in [0.717, 1.165) is 13.7 Å². The van der Waals surface area contributed by atoms with Gasteiger partial charge in [0.2, 0.25) is 6.33 Å². The largest absolute Gasteiger partial charge is 1.00 e. The molecule has 0 unspecified atom stereocenters. The van der Waals surface area contributed by atoms with Gasteiger partial charge in [-0.3, -0.25) is 4.79 Å². The van der Waals surface area contributed by atoms with Crippen LogP contribution < -0.4 is 17.0 Å². The summed E-state index contributed by atoms with van der Waals surface area (Å²) in [4.78, 5) is 9.82. The van der Waals surface area contributed by atoms with Crippen LogP contribution in [-0.4, -0.2) is 34.8 Å². The van der Waals surface area contributed by atoms with Gasteiger partial charge in [-0.2, -0.15) is 0 Å². The van der Waals surface area contributed by atoms with Gasteiger partial charge in [-0.1, -0.05) is 52.2 Å². The van der Waals surface area contributed by atoms with Crippen molar-refractivity contribution in [2.24, 2.45) is 7.05 Å². The van der Waals surface area contributed by atoms with E-state index in [1.165, 1.54) is 32.6 Å². The Hall–Kier alpha value is -1.37. The van der Waals surface area contributed by atoms with E-state index in [1.807, 2.05) is 36.4 Å². The van der Waals surface area contributed by atoms with Crippen LogP contribution in [0.2, 0.25) is 0 Å². The lowest BCUT2D eigenvalue weighted by Gasteiger charge is -1.89. The lowest BCUT2D eigenvalue weighted by atomic mass is 10.2. The van der Waals surface area contributed by atoms with Crippen molar-refractivity contribution >= 4 is 5.97 Å². The van der Waals surface area contributed by atoms with E-state index in [9.17, 15) is 4.79 Å². The predicted octanol–water partition coefficient (Wildman–Crippen LogP) is -0.558. The molecular formula is C18H39ClN2O4. The second-order valence-corrected chi connectivity index (χ2v) is 4.70. The first-order chi connectivity index (χ1) is 11.0. The molecule has 0 radical (unpaired) electrons. The summed E-state index contributed by atoms with van der Waals surface area (Å²) >= 11 is 0. The molecule has 0 aliphatic heterocycles. The number of aromatic nitrogens is 2. The number of esters is 1. The number of hydrogen-bond acceptors (Lipinski definition) is 3. The highest BCUT2D eigenvalue weighted by molar-refractivity contribution is 5.65. The van der Waals surface area contributed by atoms with Gasteiger partial charge in [-0.25, -0.2) is 9.13 Å². The quantitative estimate of drug-likeness (QED) is 0.310. The second kappa shape index (κ2) is 30.5. The Bertz CT molecular complexity index is 368. The van der Waals surface area contributed by atoms with Crippen LogP contribution in [0.4, 0.5) is 0 Å². The minimum atomic E-state index is -0.211. The maximum absolute atomic E-state index is 9.82. The molecular weight excluding hydrogens is 344 g/mol. The topological polar surface area (TPSA) is 86.8 Å². The van der Waals surface area contributed by atoms with Crippen molar-refractivity contribution in [3.05, 3.63) is 31.4 Å². The average molecular weight is 383 g/mol. The third kappa shape index (κ3) is 34.8. The Morgan fingerprint density at radius 1 is 1.24 bits per heavy atom. The Kier molecular flexibility index (Phi) is 42.5. The van der Waals surface area contributed by atoms with E-state index in [2.05, 4.69) is 29.7 Å². The Labute approximate surface area is 160 Å². The molecule has 0 aromatic carbocycles. The number of carbonyl (C=O) groups excluding carboxylic acids is 1. The third-order valence-electron chi connectivity index (χ3n) is 2.47. The highest BCUT2D eigenvalue weighted by Gasteiger charge is 1.93. The summed E-state index contributed by atoms with van der Waals surface area (Å²) in [5, 5.41) is 7.00. The first-order valence-electron chi connectivity index (χ1n) is 8.21. The minimum absolute atomic E-state index is 0.